The van der Waals surface area contributed by atoms with Gasteiger partial charge in [0, 0.05) is 5.69 Å². The number of hydrogen-bond acceptors (Lipinski definition) is 3. The van der Waals surface area contributed by atoms with E-state index in [1.807, 2.05) is 12.2 Å². The van der Waals surface area contributed by atoms with E-state index in [4.69, 9.17) is 10.0 Å². The Hall–Kier alpha value is -1.85. The normalized spacial score (nSPS) is 14.0. The number of allylic oxidation sites excluding steroid dienone is 2. The monoisotopic (exact) mass is 229 g/mol. The average Bonchev–Trinajstić information content (AvgIpc) is 2.82. The van der Waals surface area contributed by atoms with E-state index in [-0.39, 0.29) is 11.8 Å². The van der Waals surface area contributed by atoms with Crippen molar-refractivity contribution in [3.05, 3.63) is 48.6 Å². The predicted molar refractivity (Wildman–Crippen MR) is 66.7 cm³/mol. The van der Waals surface area contributed by atoms with Gasteiger partial charge in [-0.1, -0.05) is 36.4 Å². The zero-order valence-corrected chi connectivity index (χ0v) is 9.08. The van der Waals surface area contributed by atoms with Crippen molar-refractivity contribution in [3.8, 4) is 0 Å². The van der Waals surface area contributed by atoms with Gasteiger partial charge in [-0.25, -0.2) is 0 Å². The molecule has 0 saturated carbocycles. The first-order chi connectivity index (χ1) is 8.16. The van der Waals surface area contributed by atoms with Crippen LogP contribution in [0.2, 0.25) is 0 Å². The summed E-state index contributed by atoms with van der Waals surface area (Å²) >= 11 is 0. The molecule has 0 radical (unpaired) electrons. The molecule has 86 valence electrons. The van der Waals surface area contributed by atoms with Crippen LogP contribution in [0.5, 0.6) is 0 Å². The van der Waals surface area contributed by atoms with Crippen molar-refractivity contribution in [1.82, 2.24) is 0 Å². The maximum Gasteiger partial charge on any atom is 0.488 e. The maximum absolute atomic E-state index is 11.8. The summed E-state index contributed by atoms with van der Waals surface area (Å²) < 4.78 is 0. The fourth-order valence-electron chi connectivity index (χ4n) is 1.61. The van der Waals surface area contributed by atoms with Crippen molar-refractivity contribution in [2.45, 2.75) is 0 Å². The van der Waals surface area contributed by atoms with Gasteiger partial charge in [0.2, 0.25) is 5.91 Å². The van der Waals surface area contributed by atoms with Crippen LogP contribution in [0.1, 0.15) is 0 Å². The van der Waals surface area contributed by atoms with Gasteiger partial charge < -0.3 is 15.4 Å². The molecule has 2 rings (SSSR count). The number of hydrogen-bond donors (Lipinski definition) is 3. The molecular weight excluding hydrogens is 217 g/mol. The summed E-state index contributed by atoms with van der Waals surface area (Å²) in [6.07, 6.45) is 7.22. The zero-order chi connectivity index (χ0) is 12.3. The highest BCUT2D eigenvalue weighted by Crippen LogP contribution is 2.12. The van der Waals surface area contributed by atoms with E-state index in [1.54, 1.807) is 30.4 Å². The highest BCUT2D eigenvalue weighted by Gasteiger charge is 2.15. The Morgan fingerprint density at radius 3 is 2.59 bits per heavy atom. The van der Waals surface area contributed by atoms with Crippen LogP contribution in [0.15, 0.2) is 48.6 Å². The molecule has 1 amide bonds. The smallest absolute Gasteiger partial charge is 0.423 e. The predicted octanol–water partition coefficient (Wildman–Crippen LogP) is 0.0471. The molecule has 0 aliphatic heterocycles. The molecule has 1 aliphatic carbocycles. The minimum Gasteiger partial charge on any atom is -0.423 e. The van der Waals surface area contributed by atoms with E-state index in [1.165, 1.54) is 6.07 Å². The van der Waals surface area contributed by atoms with E-state index >= 15 is 0 Å². The van der Waals surface area contributed by atoms with E-state index in [0.29, 0.717) is 11.2 Å². The Balaban J connectivity index is 2.08. The number of benzene rings is 1. The molecule has 0 spiro atoms. The lowest BCUT2D eigenvalue weighted by Crippen LogP contribution is -2.30. The number of carbonyl (C=O) groups excluding carboxylic acids is 1. The van der Waals surface area contributed by atoms with Crippen molar-refractivity contribution in [3.63, 3.8) is 0 Å². The first-order valence-corrected chi connectivity index (χ1v) is 5.29. The van der Waals surface area contributed by atoms with Crippen LogP contribution in [0, 0.1) is 5.92 Å². The van der Waals surface area contributed by atoms with Gasteiger partial charge in [-0.3, -0.25) is 4.79 Å². The first kappa shape index (κ1) is 11.6. The molecule has 0 atom stereocenters. The largest absolute Gasteiger partial charge is 0.488 e. The molecule has 1 aromatic rings. The molecule has 17 heavy (non-hydrogen) atoms. The lowest BCUT2D eigenvalue weighted by molar-refractivity contribution is -0.117. The van der Waals surface area contributed by atoms with Gasteiger partial charge in [0.05, 0.1) is 5.92 Å². The minimum absolute atomic E-state index is 0.139. The fraction of sp³-hybridized carbons (Fsp3) is 0.0833. The second-order valence-corrected chi connectivity index (χ2v) is 3.78. The molecule has 1 aromatic carbocycles. The Bertz CT molecular complexity index is 470. The second kappa shape index (κ2) is 4.99. The van der Waals surface area contributed by atoms with Crippen LogP contribution < -0.4 is 10.8 Å². The average molecular weight is 229 g/mol. The molecule has 0 aromatic heterocycles. The number of carbonyl (C=O) groups is 1. The number of anilines is 1. The molecule has 0 unspecified atom stereocenters. The lowest BCUT2D eigenvalue weighted by Gasteiger charge is -2.09. The lowest BCUT2D eigenvalue weighted by atomic mass is 9.80. The molecular formula is C12H12BNO3. The van der Waals surface area contributed by atoms with Crippen LogP contribution in [0.25, 0.3) is 0 Å². The summed E-state index contributed by atoms with van der Waals surface area (Å²) in [5, 5.41) is 20.7. The number of rotatable bonds is 3. The number of amides is 1. The van der Waals surface area contributed by atoms with Crippen LogP contribution in [0.3, 0.4) is 0 Å². The summed E-state index contributed by atoms with van der Waals surface area (Å²) in [4.78, 5) is 11.8. The minimum atomic E-state index is -1.53. The maximum atomic E-state index is 11.8. The first-order valence-electron chi connectivity index (χ1n) is 5.29. The standard InChI is InChI=1S/C12H12BNO3/c15-12(9-4-1-2-5-9)14-11-7-3-6-10(8-11)13(16)17/h1-9,16-17H,(H,14,15). The van der Waals surface area contributed by atoms with E-state index in [2.05, 4.69) is 5.32 Å². The third-order valence-electron chi connectivity index (χ3n) is 2.50. The summed E-state index contributed by atoms with van der Waals surface area (Å²) in [5.41, 5.74) is 0.898. The topological polar surface area (TPSA) is 69.6 Å². The molecule has 0 heterocycles. The summed E-state index contributed by atoms with van der Waals surface area (Å²) in [5.74, 6) is -0.391. The van der Waals surface area contributed by atoms with Crippen LogP contribution >= 0.6 is 0 Å². The van der Waals surface area contributed by atoms with Crippen LogP contribution in [-0.4, -0.2) is 23.1 Å². The third kappa shape index (κ3) is 2.84. The summed E-state index contributed by atoms with van der Waals surface area (Å²) in [7, 11) is -1.53. The van der Waals surface area contributed by atoms with Gasteiger partial charge in [0.15, 0.2) is 0 Å². The van der Waals surface area contributed by atoms with Gasteiger partial charge in [0.25, 0.3) is 0 Å². The fourth-order valence-corrected chi connectivity index (χ4v) is 1.61. The zero-order valence-electron chi connectivity index (χ0n) is 9.08. The third-order valence-corrected chi connectivity index (χ3v) is 2.50. The molecule has 5 heteroatoms. The SMILES string of the molecule is O=C(Nc1cccc(B(O)O)c1)C1C=CC=C1. The van der Waals surface area contributed by atoms with Gasteiger partial charge >= 0.3 is 7.12 Å². The van der Waals surface area contributed by atoms with Gasteiger partial charge in [0.1, 0.15) is 0 Å². The Kier molecular flexibility index (Phi) is 3.42. The summed E-state index contributed by atoms with van der Waals surface area (Å²) in [6.45, 7) is 0. The Morgan fingerprint density at radius 1 is 1.24 bits per heavy atom. The Labute approximate surface area is 99.4 Å². The summed E-state index contributed by atoms with van der Waals surface area (Å²) in [6, 6.07) is 6.47. The van der Waals surface area contributed by atoms with Gasteiger partial charge in [-0.05, 0) is 17.6 Å². The van der Waals surface area contributed by atoms with Crippen LogP contribution in [0.4, 0.5) is 5.69 Å². The quantitative estimate of drug-likeness (QED) is 0.641. The molecule has 4 nitrogen and oxygen atoms in total. The van der Waals surface area contributed by atoms with Crippen molar-refractivity contribution in [2.75, 3.05) is 5.32 Å². The van der Waals surface area contributed by atoms with E-state index in [0.717, 1.165) is 0 Å². The van der Waals surface area contributed by atoms with Gasteiger partial charge in [-0.15, -0.1) is 0 Å². The van der Waals surface area contributed by atoms with E-state index in [9.17, 15) is 4.79 Å². The highest BCUT2D eigenvalue weighted by atomic mass is 16.4. The number of nitrogens with one attached hydrogen (secondary N) is 1. The second-order valence-electron chi connectivity index (χ2n) is 3.78. The molecule has 3 N–H and O–H groups in total. The van der Waals surface area contributed by atoms with Crippen molar-refractivity contribution in [2.24, 2.45) is 5.92 Å². The van der Waals surface area contributed by atoms with E-state index < -0.39 is 7.12 Å². The molecule has 0 saturated heterocycles. The van der Waals surface area contributed by atoms with Crippen molar-refractivity contribution in [1.29, 1.82) is 0 Å². The van der Waals surface area contributed by atoms with Crippen LogP contribution in [-0.2, 0) is 4.79 Å². The Morgan fingerprint density at radius 2 is 1.94 bits per heavy atom. The van der Waals surface area contributed by atoms with Crippen molar-refractivity contribution >= 4 is 24.2 Å². The van der Waals surface area contributed by atoms with Crippen molar-refractivity contribution < 1.29 is 14.8 Å². The molecule has 0 bridgehead atoms. The highest BCUT2D eigenvalue weighted by molar-refractivity contribution is 6.58. The molecule has 1 aliphatic rings. The van der Waals surface area contributed by atoms with Gasteiger partial charge in [-0.2, -0.15) is 0 Å². The molecule has 0 fully saturated rings.